The highest BCUT2D eigenvalue weighted by molar-refractivity contribution is 7.99. The summed E-state index contributed by atoms with van der Waals surface area (Å²) in [6.07, 6.45) is 1.51. The zero-order valence-corrected chi connectivity index (χ0v) is 19.1. The molecule has 0 spiro atoms. The number of alkyl halides is 6. The van der Waals surface area contributed by atoms with Gasteiger partial charge in [-0.25, -0.2) is 0 Å². The molecule has 2 rings (SSSR count). The van der Waals surface area contributed by atoms with Crippen LogP contribution in [-0.2, 0) is 4.79 Å². The Hall–Kier alpha value is 0.0800. The number of benzene rings is 1. The van der Waals surface area contributed by atoms with Gasteiger partial charge in [-0.15, -0.1) is 11.8 Å². The van der Waals surface area contributed by atoms with E-state index in [1.807, 2.05) is 0 Å². The molecule has 1 aliphatic rings. The van der Waals surface area contributed by atoms with Gasteiger partial charge in [0.25, 0.3) is 0 Å². The minimum atomic E-state index is -1.95. The Labute approximate surface area is 194 Å². The van der Waals surface area contributed by atoms with Crippen molar-refractivity contribution in [1.29, 1.82) is 0 Å². The Balaban J connectivity index is 2.33. The minimum absolute atomic E-state index is 0.0225. The summed E-state index contributed by atoms with van der Waals surface area (Å²) in [6.45, 7) is 0. The molecule has 0 aliphatic carbocycles. The zero-order chi connectivity index (χ0) is 20.4. The van der Waals surface area contributed by atoms with E-state index in [0.29, 0.717) is 22.1 Å². The Morgan fingerprint density at radius 3 is 2.41 bits per heavy atom. The Morgan fingerprint density at radius 2 is 1.89 bits per heavy atom. The van der Waals surface area contributed by atoms with Gasteiger partial charge in [0.1, 0.15) is 0 Å². The molecule has 0 saturated heterocycles. The normalized spacial score (nSPS) is 15.1. The lowest BCUT2D eigenvalue weighted by molar-refractivity contribution is -0.136. The van der Waals surface area contributed by atoms with Gasteiger partial charge in [0, 0.05) is 16.2 Å². The fourth-order valence-electron chi connectivity index (χ4n) is 1.88. The number of nitrogens with one attached hydrogen (secondary N) is 1. The summed E-state index contributed by atoms with van der Waals surface area (Å²) in [4.78, 5) is 11.3. The molecule has 13 heteroatoms. The number of carboxylic acids is 1. The molecule has 1 aliphatic heterocycles. The first-order chi connectivity index (χ1) is 12.4. The summed E-state index contributed by atoms with van der Waals surface area (Å²) in [5.41, 5.74) is 3.66. The Bertz CT molecular complexity index is 790. The molecule has 0 atom stereocenters. The van der Waals surface area contributed by atoms with E-state index in [1.54, 1.807) is 18.2 Å². The second-order valence-electron chi connectivity index (χ2n) is 5.07. The summed E-state index contributed by atoms with van der Waals surface area (Å²) in [5.74, 6) is -0.493. The third kappa shape index (κ3) is 6.82. The van der Waals surface area contributed by atoms with Gasteiger partial charge < -0.3 is 5.11 Å². The van der Waals surface area contributed by atoms with Crippen molar-refractivity contribution in [2.24, 2.45) is 5.10 Å². The number of thioether (sulfide) groups is 1. The molecule has 148 valence electrons. The van der Waals surface area contributed by atoms with Gasteiger partial charge in [-0.05, 0) is 18.2 Å². The number of halogens is 7. The summed E-state index contributed by atoms with van der Waals surface area (Å²) < 4.78 is -3.76. The molecule has 0 saturated carbocycles. The predicted molar refractivity (Wildman–Crippen MR) is 115 cm³/mol. The number of aliphatic carboxylic acids is 1. The topological polar surface area (TPSA) is 64.9 Å². The van der Waals surface area contributed by atoms with Crippen molar-refractivity contribution in [3.8, 4) is 0 Å². The molecule has 0 bridgehead atoms. The molecule has 0 amide bonds. The number of hydrazone groups is 1. The SMILES string of the molecule is O=C(O)CCSc1ccc(C2=NN(C(Cl)(Cl)Cl)NC(C(Cl)(Cl)Cl)=C2)cc1Cl. The van der Waals surface area contributed by atoms with Crippen molar-refractivity contribution in [2.45, 2.75) is 19.0 Å². The summed E-state index contributed by atoms with van der Waals surface area (Å²) in [6, 6.07) is 5.09. The first-order valence-corrected chi connectivity index (χ1v) is 10.7. The third-order valence-corrected chi connectivity index (χ3v) is 5.65. The number of carbonyl (C=O) groups is 1. The lowest BCUT2D eigenvalue weighted by Gasteiger charge is -2.34. The number of allylic oxidation sites excluding steroid dienone is 2. The van der Waals surface area contributed by atoms with Crippen molar-refractivity contribution < 1.29 is 9.90 Å². The van der Waals surface area contributed by atoms with Gasteiger partial charge in [-0.2, -0.15) is 10.2 Å². The molecule has 0 radical (unpaired) electrons. The van der Waals surface area contributed by atoms with Crippen molar-refractivity contribution in [3.63, 3.8) is 0 Å². The van der Waals surface area contributed by atoms with Crippen LogP contribution in [0.3, 0.4) is 0 Å². The van der Waals surface area contributed by atoms with Crippen LogP contribution >= 0.6 is 93.0 Å². The summed E-state index contributed by atoms with van der Waals surface area (Å²) >= 11 is 43.0. The van der Waals surface area contributed by atoms with Crippen LogP contribution < -0.4 is 5.43 Å². The van der Waals surface area contributed by atoms with E-state index in [2.05, 4.69) is 10.5 Å². The summed E-state index contributed by atoms with van der Waals surface area (Å²) in [7, 11) is 0. The fraction of sp³-hybridized carbons (Fsp3) is 0.286. The van der Waals surface area contributed by atoms with Gasteiger partial charge in [-0.3, -0.25) is 10.2 Å². The first-order valence-electron chi connectivity index (χ1n) is 7.03. The van der Waals surface area contributed by atoms with Crippen LogP contribution in [0.25, 0.3) is 0 Å². The van der Waals surface area contributed by atoms with Crippen LogP contribution in [0.2, 0.25) is 5.02 Å². The van der Waals surface area contributed by atoms with Crippen LogP contribution in [0.15, 0.2) is 40.0 Å². The fourth-order valence-corrected chi connectivity index (χ4v) is 3.61. The van der Waals surface area contributed by atoms with Crippen molar-refractivity contribution in [1.82, 2.24) is 10.5 Å². The van der Waals surface area contributed by atoms with E-state index in [-0.39, 0.29) is 12.1 Å². The van der Waals surface area contributed by atoms with Crippen molar-refractivity contribution >= 4 is 105 Å². The number of carboxylic acid groups (broad SMARTS) is 1. The van der Waals surface area contributed by atoms with E-state index in [1.165, 1.54) is 17.8 Å². The quantitative estimate of drug-likeness (QED) is 0.276. The molecule has 0 unspecified atom stereocenters. The molecule has 1 aromatic rings. The highest BCUT2D eigenvalue weighted by atomic mass is 35.6. The maximum Gasteiger partial charge on any atom is 0.304 e. The third-order valence-electron chi connectivity index (χ3n) is 3.06. The monoisotopic (exact) mass is 529 g/mol. The number of nitrogens with zero attached hydrogens (tertiary/aromatic N) is 2. The lowest BCUT2D eigenvalue weighted by Crippen LogP contribution is -2.47. The van der Waals surface area contributed by atoms with Gasteiger partial charge in [0.15, 0.2) is 0 Å². The van der Waals surface area contributed by atoms with Gasteiger partial charge in [0.2, 0.25) is 3.79 Å². The minimum Gasteiger partial charge on any atom is -0.481 e. The van der Waals surface area contributed by atoms with E-state index in [4.69, 9.17) is 86.3 Å². The molecule has 1 aromatic carbocycles. The van der Waals surface area contributed by atoms with E-state index < -0.39 is 13.7 Å². The summed E-state index contributed by atoms with van der Waals surface area (Å²) in [5, 5.41) is 14.2. The number of hydrogen-bond acceptors (Lipinski definition) is 5. The van der Waals surface area contributed by atoms with Crippen molar-refractivity contribution in [2.75, 3.05) is 5.75 Å². The molecule has 1 heterocycles. The molecule has 27 heavy (non-hydrogen) atoms. The van der Waals surface area contributed by atoms with Crippen LogP contribution in [0, 0.1) is 0 Å². The number of hydrazine groups is 1. The van der Waals surface area contributed by atoms with Crippen molar-refractivity contribution in [3.05, 3.63) is 40.6 Å². The van der Waals surface area contributed by atoms with E-state index >= 15 is 0 Å². The number of hydrogen-bond donors (Lipinski definition) is 2. The molecular formula is C14H10Cl7N3O2S. The first kappa shape index (κ1) is 23.4. The Morgan fingerprint density at radius 1 is 1.22 bits per heavy atom. The molecule has 0 fully saturated rings. The largest absolute Gasteiger partial charge is 0.481 e. The molecule has 5 nitrogen and oxygen atoms in total. The maximum atomic E-state index is 10.6. The molecule has 2 N–H and O–H groups in total. The van der Waals surface area contributed by atoms with Gasteiger partial charge >= 0.3 is 9.89 Å². The standard InChI is InChI=1S/C14H10Cl7N3O2S/c15-8-5-7(1-2-10(8)27-4-3-12(25)26)9-6-11(13(16,17)18)23-24(22-9)14(19,20)21/h1-2,5-6,23H,3-4H2,(H,25,26). The van der Waals surface area contributed by atoms with Crippen LogP contribution in [-0.4, -0.2) is 35.4 Å². The lowest BCUT2D eigenvalue weighted by atomic mass is 10.1. The van der Waals surface area contributed by atoms with E-state index in [0.717, 1.165) is 10.0 Å². The smallest absolute Gasteiger partial charge is 0.304 e. The average Bonchev–Trinajstić information content (AvgIpc) is 2.54. The highest BCUT2D eigenvalue weighted by Crippen LogP contribution is 2.38. The molecule has 0 aromatic heterocycles. The van der Waals surface area contributed by atoms with Gasteiger partial charge in [-0.1, -0.05) is 87.3 Å². The predicted octanol–water partition coefficient (Wildman–Crippen LogP) is 6.01. The van der Waals surface area contributed by atoms with E-state index in [9.17, 15) is 4.79 Å². The second kappa shape index (κ2) is 9.26. The highest BCUT2D eigenvalue weighted by Gasteiger charge is 2.37. The van der Waals surface area contributed by atoms with Crippen LogP contribution in [0.1, 0.15) is 12.0 Å². The molecular weight excluding hydrogens is 522 g/mol. The van der Waals surface area contributed by atoms with Gasteiger partial charge in [0.05, 0.1) is 22.9 Å². The van der Waals surface area contributed by atoms with Crippen LogP contribution in [0.5, 0.6) is 0 Å². The number of rotatable bonds is 5. The zero-order valence-electron chi connectivity index (χ0n) is 13.0. The average molecular weight is 532 g/mol. The van der Waals surface area contributed by atoms with Crippen LogP contribution in [0.4, 0.5) is 0 Å². The maximum absolute atomic E-state index is 10.6. The Kier molecular flexibility index (Phi) is 8.02. The second-order valence-corrected chi connectivity index (χ2v) is 11.1.